The summed E-state index contributed by atoms with van der Waals surface area (Å²) in [7, 11) is 0. The van der Waals surface area contributed by atoms with Crippen molar-refractivity contribution >= 4 is 29.0 Å². The van der Waals surface area contributed by atoms with Gasteiger partial charge in [-0.25, -0.2) is 4.79 Å². The maximum Gasteiger partial charge on any atom is 0.346 e. The Morgan fingerprint density at radius 3 is 2.70 bits per heavy atom. The Hall–Kier alpha value is -2.38. The number of benzene rings is 1. The minimum absolute atomic E-state index is 0.0716. The number of amides is 1. The molecule has 1 aromatic heterocycles. The number of H-pyrrole nitrogens is 1. The number of nitrogens with zero attached hydrogens (tertiary/aromatic N) is 2. The number of halogens is 1. The molecular weight excluding hydrogens is 404 g/mol. The standard InChI is InChI=1S/C22H29ClN4O3/c1-14(2)13-27(19-10-11-24-22(30)25-19)16-8-9-18(23)17(12-16)21(29)26-20(28)15-6-4-3-5-7-15/h8-12,14-15,20,28H,3-7,13H2,1-2H3,(H,26,29)(H,24,25,30). The third kappa shape index (κ3) is 5.61. The van der Waals surface area contributed by atoms with Crippen LogP contribution in [0.4, 0.5) is 11.5 Å². The first-order valence-corrected chi connectivity index (χ1v) is 10.8. The second-order valence-corrected chi connectivity index (χ2v) is 8.65. The van der Waals surface area contributed by atoms with Crippen molar-refractivity contribution in [3.8, 4) is 0 Å². The van der Waals surface area contributed by atoms with Crippen molar-refractivity contribution in [2.45, 2.75) is 52.2 Å². The minimum Gasteiger partial charge on any atom is -0.373 e. The molecule has 0 saturated heterocycles. The molecule has 1 aromatic carbocycles. The average Bonchev–Trinajstić information content (AvgIpc) is 2.73. The first-order valence-electron chi connectivity index (χ1n) is 10.5. The summed E-state index contributed by atoms with van der Waals surface area (Å²) in [5.74, 6) is 0.432. The number of hydrogen-bond donors (Lipinski definition) is 3. The summed E-state index contributed by atoms with van der Waals surface area (Å²) in [4.78, 5) is 33.0. The number of hydrogen-bond acceptors (Lipinski definition) is 5. The van der Waals surface area contributed by atoms with Crippen LogP contribution in [0.15, 0.2) is 35.3 Å². The second kappa shape index (κ2) is 10.1. The van der Waals surface area contributed by atoms with Crippen LogP contribution >= 0.6 is 11.6 Å². The molecule has 1 aliphatic rings. The van der Waals surface area contributed by atoms with Crippen LogP contribution in [0, 0.1) is 11.8 Å². The number of rotatable bonds is 7. The van der Waals surface area contributed by atoms with Gasteiger partial charge in [0, 0.05) is 24.3 Å². The summed E-state index contributed by atoms with van der Waals surface area (Å²) in [6.45, 7) is 4.72. The van der Waals surface area contributed by atoms with E-state index in [2.05, 4.69) is 29.1 Å². The van der Waals surface area contributed by atoms with Crippen LogP contribution in [0.2, 0.25) is 5.02 Å². The highest BCUT2D eigenvalue weighted by atomic mass is 35.5. The number of aromatic nitrogens is 2. The van der Waals surface area contributed by atoms with Gasteiger partial charge in [0.05, 0.1) is 10.6 Å². The number of anilines is 2. The van der Waals surface area contributed by atoms with E-state index >= 15 is 0 Å². The highest BCUT2D eigenvalue weighted by Crippen LogP contribution is 2.29. The van der Waals surface area contributed by atoms with Gasteiger partial charge < -0.3 is 20.3 Å². The monoisotopic (exact) mass is 432 g/mol. The fourth-order valence-corrected chi connectivity index (χ4v) is 4.05. The molecule has 3 N–H and O–H groups in total. The summed E-state index contributed by atoms with van der Waals surface area (Å²) in [5.41, 5.74) is 0.537. The Morgan fingerprint density at radius 1 is 1.30 bits per heavy atom. The Bertz CT molecular complexity index is 925. The van der Waals surface area contributed by atoms with Gasteiger partial charge in [0.1, 0.15) is 12.0 Å². The van der Waals surface area contributed by atoms with E-state index < -0.39 is 17.8 Å². The van der Waals surface area contributed by atoms with Crippen molar-refractivity contribution in [1.82, 2.24) is 15.3 Å². The Kier molecular flexibility index (Phi) is 7.50. The topological polar surface area (TPSA) is 98.3 Å². The van der Waals surface area contributed by atoms with Crippen LogP contribution in [0.3, 0.4) is 0 Å². The lowest BCUT2D eigenvalue weighted by molar-refractivity contribution is 0.0463. The van der Waals surface area contributed by atoms with Crippen molar-refractivity contribution in [2.24, 2.45) is 11.8 Å². The molecule has 3 rings (SSSR count). The molecule has 1 heterocycles. The van der Waals surface area contributed by atoms with E-state index in [1.165, 1.54) is 6.42 Å². The zero-order valence-electron chi connectivity index (χ0n) is 17.4. The molecular formula is C22H29ClN4O3. The van der Waals surface area contributed by atoms with Crippen LogP contribution in [-0.2, 0) is 0 Å². The summed E-state index contributed by atoms with van der Waals surface area (Å²) < 4.78 is 0. The number of aliphatic hydroxyl groups excluding tert-OH is 1. The maximum atomic E-state index is 12.9. The minimum atomic E-state index is -0.890. The van der Waals surface area contributed by atoms with E-state index in [0.717, 1.165) is 25.7 Å². The molecule has 0 spiro atoms. The highest BCUT2D eigenvalue weighted by molar-refractivity contribution is 6.34. The third-order valence-corrected chi connectivity index (χ3v) is 5.69. The molecule has 162 valence electrons. The van der Waals surface area contributed by atoms with Gasteiger partial charge in [-0.15, -0.1) is 0 Å². The number of aromatic amines is 1. The SMILES string of the molecule is CC(C)CN(c1ccc(Cl)c(C(=O)NC(O)C2CCCCC2)c1)c1cc[nH]c(=O)n1. The van der Waals surface area contributed by atoms with E-state index in [-0.39, 0.29) is 17.4 Å². The quantitative estimate of drug-likeness (QED) is 0.577. The molecule has 0 aliphatic heterocycles. The number of carbonyl (C=O) groups is 1. The molecule has 1 fully saturated rings. The van der Waals surface area contributed by atoms with Gasteiger partial charge in [0.2, 0.25) is 0 Å². The molecule has 7 nitrogen and oxygen atoms in total. The molecule has 0 radical (unpaired) electrons. The van der Waals surface area contributed by atoms with Crippen molar-refractivity contribution in [1.29, 1.82) is 0 Å². The highest BCUT2D eigenvalue weighted by Gasteiger charge is 2.25. The van der Waals surface area contributed by atoms with Crippen molar-refractivity contribution in [2.75, 3.05) is 11.4 Å². The maximum absolute atomic E-state index is 12.9. The zero-order chi connectivity index (χ0) is 21.7. The molecule has 1 atom stereocenters. The molecule has 0 bridgehead atoms. The fraction of sp³-hybridized carbons (Fsp3) is 0.500. The van der Waals surface area contributed by atoms with Crippen LogP contribution in [0.1, 0.15) is 56.3 Å². The first kappa shape index (κ1) is 22.3. The summed E-state index contributed by atoms with van der Waals surface area (Å²) in [6.07, 6.45) is 5.79. The molecule has 2 aromatic rings. The van der Waals surface area contributed by atoms with E-state index in [9.17, 15) is 14.7 Å². The Balaban J connectivity index is 1.86. The summed E-state index contributed by atoms with van der Waals surface area (Å²) in [6, 6.07) is 6.84. The lowest BCUT2D eigenvalue weighted by Gasteiger charge is -2.28. The third-order valence-electron chi connectivity index (χ3n) is 5.36. The van der Waals surface area contributed by atoms with Crippen LogP contribution in [0.25, 0.3) is 0 Å². The Labute approximate surface area is 181 Å². The average molecular weight is 433 g/mol. The van der Waals surface area contributed by atoms with Crippen molar-refractivity contribution in [3.63, 3.8) is 0 Å². The van der Waals surface area contributed by atoms with Gasteiger partial charge >= 0.3 is 5.69 Å². The molecule has 1 aliphatic carbocycles. The van der Waals surface area contributed by atoms with E-state index in [4.69, 9.17) is 11.6 Å². The Morgan fingerprint density at radius 2 is 2.03 bits per heavy atom. The second-order valence-electron chi connectivity index (χ2n) is 8.24. The van der Waals surface area contributed by atoms with Crippen molar-refractivity contribution in [3.05, 3.63) is 51.5 Å². The van der Waals surface area contributed by atoms with E-state index in [1.807, 2.05) is 4.90 Å². The molecule has 1 unspecified atom stereocenters. The largest absolute Gasteiger partial charge is 0.373 e. The van der Waals surface area contributed by atoms with Gasteiger partial charge in [-0.1, -0.05) is 44.7 Å². The summed E-state index contributed by atoms with van der Waals surface area (Å²) >= 11 is 6.31. The van der Waals surface area contributed by atoms with Gasteiger partial charge in [-0.2, -0.15) is 4.98 Å². The first-order chi connectivity index (χ1) is 14.3. The lowest BCUT2D eigenvalue weighted by atomic mass is 9.88. The zero-order valence-corrected chi connectivity index (χ0v) is 18.2. The van der Waals surface area contributed by atoms with Gasteiger partial charge in [0.25, 0.3) is 5.91 Å². The normalized spacial score (nSPS) is 15.8. The fourth-order valence-electron chi connectivity index (χ4n) is 3.84. The van der Waals surface area contributed by atoms with E-state index in [1.54, 1.807) is 30.5 Å². The number of nitrogens with one attached hydrogen (secondary N) is 2. The molecule has 1 amide bonds. The van der Waals surface area contributed by atoms with E-state index in [0.29, 0.717) is 23.1 Å². The van der Waals surface area contributed by atoms with Crippen molar-refractivity contribution < 1.29 is 9.90 Å². The lowest BCUT2D eigenvalue weighted by Crippen LogP contribution is -2.41. The van der Waals surface area contributed by atoms with Crippen LogP contribution in [0.5, 0.6) is 0 Å². The van der Waals surface area contributed by atoms with Crippen LogP contribution in [-0.4, -0.2) is 33.8 Å². The predicted octanol–water partition coefficient (Wildman–Crippen LogP) is 3.85. The number of carbonyl (C=O) groups excluding carboxylic acids is 1. The van der Waals surface area contributed by atoms with Gasteiger partial charge in [-0.05, 0) is 43.0 Å². The van der Waals surface area contributed by atoms with Crippen LogP contribution < -0.4 is 15.9 Å². The molecule has 30 heavy (non-hydrogen) atoms. The van der Waals surface area contributed by atoms with Gasteiger partial charge in [0.15, 0.2) is 0 Å². The van der Waals surface area contributed by atoms with Gasteiger partial charge in [-0.3, -0.25) is 4.79 Å². The predicted molar refractivity (Wildman–Crippen MR) is 118 cm³/mol. The molecule has 1 saturated carbocycles. The smallest absolute Gasteiger partial charge is 0.346 e. The molecule has 8 heteroatoms. The number of aliphatic hydroxyl groups is 1. The summed E-state index contributed by atoms with van der Waals surface area (Å²) in [5, 5.41) is 13.5.